The lowest BCUT2D eigenvalue weighted by molar-refractivity contribution is 0.180. The Kier molecular flexibility index (Phi) is 10.9. The number of fused-ring (bicyclic) bond motifs is 1. The van der Waals surface area contributed by atoms with Crippen molar-refractivity contribution in [2.24, 2.45) is 4.99 Å². The Balaban J connectivity index is 0.00000363. The average Bonchev–Trinajstić information content (AvgIpc) is 3.01. The maximum atomic E-state index is 10.6. The lowest BCUT2D eigenvalue weighted by atomic mass is 10.1. The number of hydrogen-bond acceptors (Lipinski definition) is 5. The summed E-state index contributed by atoms with van der Waals surface area (Å²) in [5.74, 6) is 2.96. The van der Waals surface area contributed by atoms with Gasteiger partial charge in [-0.15, -0.1) is 24.0 Å². The summed E-state index contributed by atoms with van der Waals surface area (Å²) in [5.41, 5.74) is 1.79. The van der Waals surface area contributed by atoms with Crippen LogP contribution in [0.2, 0.25) is 0 Å². The molecule has 1 heterocycles. The molecule has 32 heavy (non-hydrogen) atoms. The monoisotopic (exact) mass is 555 g/mol. The highest BCUT2D eigenvalue weighted by Gasteiger charge is 2.14. The third kappa shape index (κ3) is 7.74. The number of ether oxygens (including phenoxy) is 3. The van der Waals surface area contributed by atoms with Crippen LogP contribution in [0.25, 0.3) is 0 Å². The van der Waals surface area contributed by atoms with Crippen molar-refractivity contribution in [2.45, 2.75) is 45.9 Å². The number of para-hydroxylation sites is 1. The van der Waals surface area contributed by atoms with E-state index in [1.807, 2.05) is 63.2 Å². The molecule has 1 atom stereocenters. The van der Waals surface area contributed by atoms with E-state index in [-0.39, 0.29) is 30.1 Å². The maximum Gasteiger partial charge on any atom is 0.191 e. The first kappa shape index (κ1) is 26.1. The van der Waals surface area contributed by atoms with E-state index in [9.17, 15) is 5.11 Å². The van der Waals surface area contributed by atoms with Crippen molar-refractivity contribution in [1.82, 2.24) is 10.6 Å². The van der Waals surface area contributed by atoms with Crippen molar-refractivity contribution < 1.29 is 19.3 Å². The van der Waals surface area contributed by atoms with Gasteiger partial charge in [0, 0.05) is 25.1 Å². The molecule has 176 valence electrons. The first-order valence-corrected chi connectivity index (χ1v) is 10.9. The quantitative estimate of drug-likeness (QED) is 0.259. The van der Waals surface area contributed by atoms with Crippen LogP contribution < -0.4 is 24.8 Å². The Morgan fingerprint density at radius 1 is 1.09 bits per heavy atom. The minimum Gasteiger partial charge on any atom is -0.491 e. The van der Waals surface area contributed by atoms with Crippen LogP contribution in [0.1, 0.15) is 44.4 Å². The van der Waals surface area contributed by atoms with Gasteiger partial charge in [-0.3, -0.25) is 0 Å². The van der Waals surface area contributed by atoms with Crippen molar-refractivity contribution >= 4 is 29.9 Å². The van der Waals surface area contributed by atoms with Gasteiger partial charge in [-0.2, -0.15) is 0 Å². The average molecular weight is 555 g/mol. The van der Waals surface area contributed by atoms with E-state index in [1.165, 1.54) is 0 Å². The minimum atomic E-state index is -0.665. The molecule has 2 aromatic carbocycles. The molecule has 8 heteroatoms. The van der Waals surface area contributed by atoms with Crippen molar-refractivity contribution in [2.75, 3.05) is 26.3 Å². The van der Waals surface area contributed by atoms with Crippen LogP contribution >= 0.6 is 24.0 Å². The molecule has 2 aromatic rings. The number of aliphatic hydroxyl groups excluding tert-OH is 1. The SMILES string of the molecule is CCNC(=NCc1cccc2c1OCCCO2)NCC(O)c1ccc(OC(C)C)cc1.I. The Morgan fingerprint density at radius 3 is 2.56 bits per heavy atom. The second-order valence-electron chi connectivity index (χ2n) is 7.62. The summed E-state index contributed by atoms with van der Waals surface area (Å²) >= 11 is 0. The van der Waals surface area contributed by atoms with Crippen LogP contribution in [0, 0.1) is 0 Å². The minimum absolute atomic E-state index is 0. The number of guanidine groups is 1. The number of aliphatic hydroxyl groups is 1. The van der Waals surface area contributed by atoms with Crippen LogP contribution in [-0.4, -0.2) is 43.5 Å². The summed E-state index contributed by atoms with van der Waals surface area (Å²) in [4.78, 5) is 4.66. The summed E-state index contributed by atoms with van der Waals surface area (Å²) in [5, 5.41) is 17.0. The topological polar surface area (TPSA) is 84.3 Å². The molecule has 0 fully saturated rings. The van der Waals surface area contributed by atoms with E-state index in [1.54, 1.807) is 0 Å². The number of nitrogens with one attached hydrogen (secondary N) is 2. The number of hydrogen-bond donors (Lipinski definition) is 3. The zero-order valence-corrected chi connectivity index (χ0v) is 21.3. The van der Waals surface area contributed by atoms with Gasteiger partial charge in [0.25, 0.3) is 0 Å². The van der Waals surface area contributed by atoms with Gasteiger partial charge < -0.3 is 30.0 Å². The molecule has 0 saturated carbocycles. The number of rotatable bonds is 8. The largest absolute Gasteiger partial charge is 0.491 e. The van der Waals surface area contributed by atoms with Gasteiger partial charge in [-0.25, -0.2) is 4.99 Å². The van der Waals surface area contributed by atoms with Gasteiger partial charge in [-0.05, 0) is 44.5 Å². The molecule has 3 rings (SSSR count). The van der Waals surface area contributed by atoms with Crippen molar-refractivity contribution in [3.8, 4) is 17.2 Å². The van der Waals surface area contributed by atoms with E-state index in [2.05, 4.69) is 15.6 Å². The smallest absolute Gasteiger partial charge is 0.191 e. The lowest BCUT2D eigenvalue weighted by Crippen LogP contribution is -2.39. The molecule has 0 spiro atoms. The standard InChI is InChI=1S/C24H33N3O4.HI/c1-4-25-24(26-15-19-7-5-8-22-23(19)30-14-6-13-29-22)27-16-21(28)18-9-11-20(12-10-18)31-17(2)3;/h5,7-12,17,21,28H,4,6,13-16H2,1-3H3,(H2,25,26,27);1H. The van der Waals surface area contributed by atoms with Gasteiger partial charge in [0.05, 0.1) is 32.0 Å². The molecular formula is C24H34IN3O4. The van der Waals surface area contributed by atoms with Crippen molar-refractivity contribution in [1.29, 1.82) is 0 Å². The van der Waals surface area contributed by atoms with Crippen LogP contribution in [0.5, 0.6) is 17.2 Å². The Bertz CT molecular complexity index is 859. The molecule has 0 aliphatic carbocycles. The molecule has 1 aliphatic rings. The Morgan fingerprint density at radius 2 is 1.84 bits per heavy atom. The Hall–Kier alpha value is -2.20. The molecule has 1 unspecified atom stereocenters. The van der Waals surface area contributed by atoms with Crippen molar-refractivity contribution in [3.63, 3.8) is 0 Å². The van der Waals surface area contributed by atoms with Crippen LogP contribution in [0.3, 0.4) is 0 Å². The van der Waals surface area contributed by atoms with Crippen LogP contribution in [-0.2, 0) is 6.54 Å². The molecule has 0 amide bonds. The molecule has 7 nitrogen and oxygen atoms in total. The van der Waals surface area contributed by atoms with Gasteiger partial charge >= 0.3 is 0 Å². The number of halogens is 1. The Labute approximate surface area is 207 Å². The predicted molar refractivity (Wildman–Crippen MR) is 137 cm³/mol. The summed E-state index contributed by atoms with van der Waals surface area (Å²) < 4.78 is 17.3. The zero-order valence-electron chi connectivity index (χ0n) is 19.0. The predicted octanol–water partition coefficient (Wildman–Crippen LogP) is 4.04. The second-order valence-corrected chi connectivity index (χ2v) is 7.62. The number of aliphatic imine (C=N–C) groups is 1. The fourth-order valence-corrected chi connectivity index (χ4v) is 3.24. The van der Waals surface area contributed by atoms with E-state index in [0.717, 1.165) is 41.3 Å². The van der Waals surface area contributed by atoms with Gasteiger partial charge in [0.1, 0.15) is 5.75 Å². The third-order valence-electron chi connectivity index (χ3n) is 4.70. The highest BCUT2D eigenvalue weighted by atomic mass is 127. The molecule has 3 N–H and O–H groups in total. The molecule has 0 bridgehead atoms. The first-order chi connectivity index (χ1) is 15.1. The molecule has 0 saturated heterocycles. The van der Waals surface area contributed by atoms with Crippen LogP contribution in [0.4, 0.5) is 0 Å². The maximum absolute atomic E-state index is 10.6. The summed E-state index contributed by atoms with van der Waals surface area (Å²) in [6.45, 7) is 8.77. The highest BCUT2D eigenvalue weighted by molar-refractivity contribution is 14.0. The molecule has 0 radical (unpaired) electrons. The number of nitrogens with zero attached hydrogens (tertiary/aromatic N) is 1. The van der Waals surface area contributed by atoms with Crippen LogP contribution in [0.15, 0.2) is 47.5 Å². The lowest BCUT2D eigenvalue weighted by Gasteiger charge is -2.17. The first-order valence-electron chi connectivity index (χ1n) is 10.9. The molecular weight excluding hydrogens is 521 g/mol. The summed E-state index contributed by atoms with van der Waals surface area (Å²) in [7, 11) is 0. The van der Waals surface area contributed by atoms with Crippen molar-refractivity contribution in [3.05, 3.63) is 53.6 Å². The fraction of sp³-hybridized carbons (Fsp3) is 0.458. The molecule has 0 aromatic heterocycles. The summed E-state index contributed by atoms with van der Waals surface area (Å²) in [6.07, 6.45) is 0.318. The van der Waals surface area contributed by atoms with E-state index in [0.29, 0.717) is 32.3 Å². The highest BCUT2D eigenvalue weighted by Crippen LogP contribution is 2.33. The van der Waals surface area contributed by atoms with E-state index < -0.39 is 6.10 Å². The normalized spacial score (nSPS) is 14.2. The van der Waals surface area contributed by atoms with Gasteiger partial charge in [-0.1, -0.05) is 24.3 Å². The van der Waals surface area contributed by atoms with Gasteiger partial charge in [0.2, 0.25) is 0 Å². The fourth-order valence-electron chi connectivity index (χ4n) is 3.24. The van der Waals surface area contributed by atoms with Gasteiger partial charge in [0.15, 0.2) is 17.5 Å². The number of benzene rings is 2. The zero-order chi connectivity index (χ0) is 22.1. The van der Waals surface area contributed by atoms with E-state index >= 15 is 0 Å². The third-order valence-corrected chi connectivity index (χ3v) is 4.70. The second kappa shape index (κ2) is 13.4. The van der Waals surface area contributed by atoms with E-state index in [4.69, 9.17) is 14.2 Å². The summed E-state index contributed by atoms with van der Waals surface area (Å²) in [6, 6.07) is 13.4. The molecule has 1 aliphatic heterocycles.